The van der Waals surface area contributed by atoms with E-state index in [-0.39, 0.29) is 12.2 Å². The summed E-state index contributed by atoms with van der Waals surface area (Å²) >= 11 is 0. The maximum absolute atomic E-state index is 14.3. The van der Waals surface area contributed by atoms with Gasteiger partial charge < -0.3 is 9.47 Å². The number of sulfonamides is 1. The molecule has 0 aliphatic heterocycles. The van der Waals surface area contributed by atoms with E-state index >= 15 is 0 Å². The van der Waals surface area contributed by atoms with Crippen LogP contribution < -0.4 is 13.8 Å². The molecule has 5 nitrogen and oxygen atoms in total. The fourth-order valence-electron chi connectivity index (χ4n) is 2.84. The van der Waals surface area contributed by atoms with Gasteiger partial charge in [0.1, 0.15) is 16.5 Å². The van der Waals surface area contributed by atoms with Crippen LogP contribution in [0.3, 0.4) is 0 Å². The van der Waals surface area contributed by atoms with Gasteiger partial charge in [-0.3, -0.25) is 4.31 Å². The molecule has 29 heavy (non-hydrogen) atoms. The van der Waals surface area contributed by atoms with Crippen LogP contribution in [0.2, 0.25) is 0 Å². The minimum Gasteiger partial charge on any atom is -0.493 e. The molecule has 0 amide bonds. The van der Waals surface area contributed by atoms with Crippen LogP contribution in [-0.4, -0.2) is 22.6 Å². The zero-order chi connectivity index (χ0) is 21.0. The van der Waals surface area contributed by atoms with Gasteiger partial charge in [0.25, 0.3) is 10.0 Å². The molecule has 0 aliphatic carbocycles. The Labute approximate surface area is 168 Å². The highest BCUT2D eigenvalue weighted by molar-refractivity contribution is 7.92. The summed E-state index contributed by atoms with van der Waals surface area (Å²) < 4.78 is 65.7. The molecule has 0 radical (unpaired) electrons. The lowest BCUT2D eigenvalue weighted by Crippen LogP contribution is -2.31. The van der Waals surface area contributed by atoms with Crippen molar-refractivity contribution in [3.05, 3.63) is 83.9 Å². The first kappa shape index (κ1) is 20.6. The molecule has 0 aliphatic rings. The van der Waals surface area contributed by atoms with Gasteiger partial charge in [0.05, 0.1) is 26.5 Å². The molecule has 8 heteroatoms. The highest BCUT2D eigenvalue weighted by atomic mass is 32.2. The summed E-state index contributed by atoms with van der Waals surface area (Å²) in [4.78, 5) is -0.468. The fraction of sp³-hybridized carbons (Fsp3) is 0.143. The molecule has 3 rings (SSSR count). The molecular weight excluding hydrogens is 400 g/mol. The van der Waals surface area contributed by atoms with E-state index in [4.69, 9.17) is 9.47 Å². The predicted molar refractivity (Wildman–Crippen MR) is 106 cm³/mol. The van der Waals surface area contributed by atoms with Crippen LogP contribution in [0.25, 0.3) is 0 Å². The summed E-state index contributed by atoms with van der Waals surface area (Å²) in [6.07, 6.45) is 0. The van der Waals surface area contributed by atoms with E-state index in [9.17, 15) is 17.2 Å². The van der Waals surface area contributed by atoms with Crippen LogP contribution in [0.5, 0.6) is 11.5 Å². The molecule has 0 heterocycles. The second-order valence-electron chi connectivity index (χ2n) is 6.11. The third kappa shape index (κ3) is 4.32. The highest BCUT2D eigenvalue weighted by Crippen LogP contribution is 2.31. The summed E-state index contributed by atoms with van der Waals surface area (Å²) in [5.74, 6) is -0.469. The molecule has 0 aromatic heterocycles. The zero-order valence-corrected chi connectivity index (χ0v) is 16.6. The number of ether oxygens (including phenoxy) is 2. The molecule has 0 bridgehead atoms. The molecule has 0 atom stereocenters. The van der Waals surface area contributed by atoms with Gasteiger partial charge in [0.2, 0.25) is 0 Å². The summed E-state index contributed by atoms with van der Waals surface area (Å²) in [7, 11) is -1.31. The van der Waals surface area contributed by atoms with Crippen LogP contribution in [0.15, 0.2) is 71.6 Å². The summed E-state index contributed by atoms with van der Waals surface area (Å²) in [6.45, 7) is -0.122. The monoisotopic (exact) mass is 419 g/mol. The number of hydrogen-bond donors (Lipinski definition) is 0. The number of halogens is 2. The van der Waals surface area contributed by atoms with E-state index in [1.807, 2.05) is 0 Å². The Kier molecular flexibility index (Phi) is 6.03. The number of hydrogen-bond acceptors (Lipinski definition) is 4. The Morgan fingerprint density at radius 1 is 0.862 bits per heavy atom. The van der Waals surface area contributed by atoms with Crippen molar-refractivity contribution in [1.82, 2.24) is 0 Å². The lowest BCUT2D eigenvalue weighted by atomic mass is 10.2. The zero-order valence-electron chi connectivity index (χ0n) is 15.8. The van der Waals surface area contributed by atoms with Gasteiger partial charge in [-0.05, 0) is 54.1 Å². The SMILES string of the molecule is COc1ccc(CN(c2ccc(F)cc2)S(=O)(=O)c2ccccc2F)cc1OC. The number of anilines is 1. The number of benzene rings is 3. The number of methoxy groups -OCH3 is 2. The minimum absolute atomic E-state index is 0.122. The normalized spacial score (nSPS) is 11.2. The van der Waals surface area contributed by atoms with Gasteiger partial charge in [-0.25, -0.2) is 17.2 Å². The van der Waals surface area contributed by atoms with Gasteiger partial charge in [0.15, 0.2) is 11.5 Å². The second-order valence-corrected chi connectivity index (χ2v) is 7.94. The minimum atomic E-state index is -4.27. The van der Waals surface area contributed by atoms with Crippen molar-refractivity contribution in [2.24, 2.45) is 0 Å². The molecule has 3 aromatic carbocycles. The van der Waals surface area contributed by atoms with Gasteiger partial charge in [-0.15, -0.1) is 0 Å². The molecule has 0 spiro atoms. The van der Waals surface area contributed by atoms with Crippen molar-refractivity contribution in [1.29, 1.82) is 0 Å². The van der Waals surface area contributed by atoms with Crippen LogP contribution >= 0.6 is 0 Å². The average Bonchev–Trinajstić information content (AvgIpc) is 2.72. The number of rotatable bonds is 7. The lowest BCUT2D eigenvalue weighted by Gasteiger charge is -2.25. The molecule has 0 N–H and O–H groups in total. The Morgan fingerprint density at radius 2 is 1.52 bits per heavy atom. The van der Waals surface area contributed by atoms with Crippen molar-refractivity contribution >= 4 is 15.7 Å². The van der Waals surface area contributed by atoms with Crippen molar-refractivity contribution in [2.75, 3.05) is 18.5 Å². The molecule has 3 aromatic rings. The van der Waals surface area contributed by atoms with Gasteiger partial charge in [0, 0.05) is 0 Å². The molecule has 152 valence electrons. The van der Waals surface area contributed by atoms with Crippen LogP contribution in [0.4, 0.5) is 14.5 Å². The third-order valence-corrected chi connectivity index (χ3v) is 6.10. The summed E-state index contributed by atoms with van der Waals surface area (Å²) in [5.41, 5.74) is 0.774. The standard InChI is InChI=1S/C21H19F2NO4S/c1-27-19-12-7-15(13-20(19)28-2)14-24(17-10-8-16(22)9-11-17)29(25,26)21-6-4-3-5-18(21)23/h3-13H,14H2,1-2H3. The summed E-state index contributed by atoms with van der Waals surface area (Å²) in [6, 6.07) is 15.0. The van der Waals surface area contributed by atoms with Gasteiger partial charge >= 0.3 is 0 Å². The molecule has 0 saturated carbocycles. The number of nitrogens with zero attached hydrogens (tertiary/aromatic N) is 1. The first-order valence-corrected chi connectivity index (χ1v) is 10.0. The Hall–Kier alpha value is -3.13. The van der Waals surface area contributed by atoms with Gasteiger partial charge in [-0.1, -0.05) is 18.2 Å². The van der Waals surface area contributed by atoms with E-state index in [0.717, 1.165) is 22.5 Å². The first-order valence-electron chi connectivity index (χ1n) is 8.60. The highest BCUT2D eigenvalue weighted by Gasteiger charge is 2.28. The topological polar surface area (TPSA) is 55.8 Å². The van der Waals surface area contributed by atoms with E-state index in [0.29, 0.717) is 17.1 Å². The molecule has 0 unspecified atom stereocenters. The van der Waals surface area contributed by atoms with Crippen molar-refractivity contribution in [2.45, 2.75) is 11.4 Å². The second kappa shape index (κ2) is 8.48. The van der Waals surface area contributed by atoms with E-state index in [1.165, 1.54) is 44.6 Å². The van der Waals surface area contributed by atoms with Crippen molar-refractivity contribution in [3.8, 4) is 11.5 Å². The van der Waals surface area contributed by atoms with Gasteiger partial charge in [-0.2, -0.15) is 0 Å². The lowest BCUT2D eigenvalue weighted by molar-refractivity contribution is 0.354. The largest absolute Gasteiger partial charge is 0.493 e. The smallest absolute Gasteiger partial charge is 0.267 e. The quantitative estimate of drug-likeness (QED) is 0.570. The van der Waals surface area contributed by atoms with E-state index in [1.54, 1.807) is 18.2 Å². The Morgan fingerprint density at radius 3 is 2.14 bits per heavy atom. The maximum atomic E-state index is 14.3. The molecule has 0 saturated heterocycles. The third-order valence-electron chi connectivity index (χ3n) is 4.29. The van der Waals surface area contributed by atoms with Crippen molar-refractivity contribution in [3.63, 3.8) is 0 Å². The van der Waals surface area contributed by atoms with Crippen LogP contribution in [0, 0.1) is 11.6 Å². The Balaban J connectivity index is 2.09. The van der Waals surface area contributed by atoms with Crippen molar-refractivity contribution < 1.29 is 26.7 Å². The first-order chi connectivity index (χ1) is 13.9. The van der Waals surface area contributed by atoms with E-state index in [2.05, 4.69) is 0 Å². The van der Waals surface area contributed by atoms with Crippen LogP contribution in [0.1, 0.15) is 5.56 Å². The molecular formula is C21H19F2NO4S. The van der Waals surface area contributed by atoms with E-state index < -0.39 is 26.6 Å². The molecule has 0 fully saturated rings. The summed E-state index contributed by atoms with van der Waals surface area (Å²) in [5, 5.41) is 0. The maximum Gasteiger partial charge on any atom is 0.267 e. The van der Waals surface area contributed by atoms with Crippen LogP contribution in [-0.2, 0) is 16.6 Å². The predicted octanol–water partition coefficient (Wildman–Crippen LogP) is 4.38. The average molecular weight is 419 g/mol. The fourth-order valence-corrected chi connectivity index (χ4v) is 4.36. The Bertz CT molecular complexity index is 1100.